The summed E-state index contributed by atoms with van der Waals surface area (Å²) in [4.78, 5) is 25.0. The fourth-order valence-electron chi connectivity index (χ4n) is 3.77. The fraction of sp³-hybridized carbons (Fsp3) is 0.208. The number of hydrogen-bond acceptors (Lipinski definition) is 8. The van der Waals surface area contributed by atoms with Crippen molar-refractivity contribution in [3.05, 3.63) is 74.9 Å². The van der Waals surface area contributed by atoms with Crippen molar-refractivity contribution in [1.82, 2.24) is 9.97 Å². The molecule has 3 aromatic rings. The molecule has 1 saturated heterocycles. The number of benzene rings is 2. The van der Waals surface area contributed by atoms with Crippen molar-refractivity contribution in [3.8, 4) is 0 Å². The largest absolute Gasteiger partial charge is 0.378 e. The minimum atomic E-state index is -3.76. The van der Waals surface area contributed by atoms with Crippen LogP contribution in [0.1, 0.15) is 11.3 Å². The molecule has 0 bridgehead atoms. The van der Waals surface area contributed by atoms with Gasteiger partial charge in [-0.3, -0.25) is 4.79 Å². The third kappa shape index (κ3) is 5.37. The van der Waals surface area contributed by atoms with Crippen LogP contribution in [0.25, 0.3) is 6.08 Å². The van der Waals surface area contributed by atoms with Crippen molar-refractivity contribution in [2.24, 2.45) is 0 Å². The Kier molecular flexibility index (Phi) is 7.23. The van der Waals surface area contributed by atoms with Crippen molar-refractivity contribution in [1.29, 1.82) is 0 Å². The molecule has 0 spiro atoms. The molecule has 2 aromatic carbocycles. The zero-order chi connectivity index (χ0) is 25.3. The molecular weight excluding hydrogens is 543 g/mol. The molecule has 1 fully saturated rings. The van der Waals surface area contributed by atoms with Gasteiger partial charge in [0.05, 0.1) is 40.1 Å². The molecule has 1 aromatic heterocycles. The summed E-state index contributed by atoms with van der Waals surface area (Å²) >= 11 is 13.6. The zero-order valence-electron chi connectivity index (χ0n) is 18.8. The summed E-state index contributed by atoms with van der Waals surface area (Å²) in [6.07, 6.45) is 3.35. The van der Waals surface area contributed by atoms with Crippen LogP contribution in [-0.4, -0.2) is 50.6 Å². The highest BCUT2D eigenvalue weighted by Gasteiger charge is 2.25. The first-order valence-electron chi connectivity index (χ1n) is 11.0. The number of amides is 1. The first-order chi connectivity index (χ1) is 17.3. The van der Waals surface area contributed by atoms with E-state index in [1.54, 1.807) is 42.6 Å². The molecule has 0 atom stereocenters. The number of nitrogens with one attached hydrogen (secondary N) is 1. The number of nitrogens with zero attached hydrogens (tertiary/aromatic N) is 3. The highest BCUT2D eigenvalue weighted by atomic mass is 35.5. The van der Waals surface area contributed by atoms with Gasteiger partial charge in [-0.1, -0.05) is 41.0 Å². The first-order valence-corrected chi connectivity index (χ1v) is 14.2. The van der Waals surface area contributed by atoms with Crippen molar-refractivity contribution >= 4 is 68.4 Å². The lowest BCUT2D eigenvalue weighted by atomic mass is 10.2. The number of aromatic nitrogens is 2. The normalized spacial score (nSPS) is 17.1. The molecule has 12 heteroatoms. The molecule has 0 radical (unpaired) electrons. The van der Waals surface area contributed by atoms with Crippen LogP contribution in [0, 0.1) is 0 Å². The standard InChI is InChI=1S/C24H20Cl2N4O4S2/c25-18-2-1-3-19(26)17(18)14-36(32,33)16-4-5-21-20(13-16)29-23(31)22(35-21)12-15-6-7-27-24(28-15)30-8-10-34-11-9-30/h1-7,12-13H,8-11,14H2,(H,29,31). The van der Waals surface area contributed by atoms with Gasteiger partial charge < -0.3 is 15.0 Å². The summed E-state index contributed by atoms with van der Waals surface area (Å²) in [6.45, 7) is 2.65. The van der Waals surface area contributed by atoms with Crippen LogP contribution in [0.15, 0.2) is 63.4 Å². The summed E-state index contributed by atoms with van der Waals surface area (Å²) in [7, 11) is -3.76. The predicted molar refractivity (Wildman–Crippen MR) is 141 cm³/mol. The van der Waals surface area contributed by atoms with E-state index in [0.29, 0.717) is 54.1 Å². The molecule has 36 heavy (non-hydrogen) atoms. The second kappa shape index (κ2) is 10.4. The maximum absolute atomic E-state index is 13.1. The van der Waals surface area contributed by atoms with E-state index in [9.17, 15) is 13.2 Å². The van der Waals surface area contributed by atoms with Crippen molar-refractivity contribution in [3.63, 3.8) is 0 Å². The number of morpholine rings is 1. The summed E-state index contributed by atoms with van der Waals surface area (Å²) in [5.74, 6) is -0.110. The Morgan fingerprint density at radius 3 is 2.61 bits per heavy atom. The Hall–Kier alpha value is -2.63. The minimum absolute atomic E-state index is 0.0662. The van der Waals surface area contributed by atoms with E-state index in [-0.39, 0.29) is 26.6 Å². The van der Waals surface area contributed by atoms with E-state index in [1.165, 1.54) is 23.9 Å². The van der Waals surface area contributed by atoms with Gasteiger partial charge in [0.2, 0.25) is 5.95 Å². The number of halogens is 2. The molecule has 1 N–H and O–H groups in total. The van der Waals surface area contributed by atoms with Crippen molar-refractivity contribution in [2.45, 2.75) is 15.5 Å². The Morgan fingerprint density at radius 1 is 1.11 bits per heavy atom. The maximum atomic E-state index is 13.1. The molecule has 186 valence electrons. The van der Waals surface area contributed by atoms with Gasteiger partial charge in [-0.2, -0.15) is 0 Å². The predicted octanol–water partition coefficient (Wildman–Crippen LogP) is 4.68. The van der Waals surface area contributed by atoms with E-state index in [2.05, 4.69) is 15.3 Å². The van der Waals surface area contributed by atoms with E-state index in [0.717, 1.165) is 4.90 Å². The minimum Gasteiger partial charge on any atom is -0.378 e. The Labute approximate surface area is 222 Å². The maximum Gasteiger partial charge on any atom is 0.262 e. The van der Waals surface area contributed by atoms with Gasteiger partial charge >= 0.3 is 0 Å². The highest BCUT2D eigenvalue weighted by molar-refractivity contribution is 8.04. The van der Waals surface area contributed by atoms with Crippen LogP contribution in [0.3, 0.4) is 0 Å². The van der Waals surface area contributed by atoms with Gasteiger partial charge in [0.25, 0.3) is 5.91 Å². The number of thioether (sulfide) groups is 1. The third-order valence-corrected chi connectivity index (χ3v) is 9.08. The Morgan fingerprint density at radius 2 is 1.86 bits per heavy atom. The van der Waals surface area contributed by atoms with E-state index in [1.807, 2.05) is 4.90 Å². The lowest BCUT2D eigenvalue weighted by molar-refractivity contribution is -0.112. The number of anilines is 2. The molecule has 2 aliphatic heterocycles. The number of rotatable bonds is 5. The molecule has 1 amide bonds. The quantitative estimate of drug-likeness (QED) is 0.447. The van der Waals surface area contributed by atoms with Crippen LogP contribution in [0.4, 0.5) is 11.6 Å². The Bertz CT molecular complexity index is 1450. The smallest absolute Gasteiger partial charge is 0.262 e. The second-order valence-corrected chi connectivity index (χ2v) is 12.0. The van der Waals surface area contributed by atoms with Gasteiger partial charge in [-0.15, -0.1) is 0 Å². The highest BCUT2D eigenvalue weighted by Crippen LogP contribution is 2.40. The summed E-state index contributed by atoms with van der Waals surface area (Å²) in [5.41, 5.74) is 1.36. The average Bonchev–Trinajstić information content (AvgIpc) is 2.87. The average molecular weight is 563 g/mol. The molecule has 2 aliphatic rings. The third-order valence-electron chi connectivity index (χ3n) is 5.64. The number of ether oxygens (including phenoxy) is 1. The number of carbonyl (C=O) groups excluding carboxylic acids is 1. The van der Waals surface area contributed by atoms with Gasteiger partial charge in [-0.25, -0.2) is 18.4 Å². The SMILES string of the molecule is O=C1Nc2cc(S(=O)(=O)Cc3c(Cl)cccc3Cl)ccc2SC1=Cc1ccnc(N2CCOCC2)n1. The van der Waals surface area contributed by atoms with Gasteiger partial charge in [0, 0.05) is 39.8 Å². The van der Waals surface area contributed by atoms with Crippen LogP contribution in [-0.2, 0) is 25.1 Å². The lowest BCUT2D eigenvalue weighted by Crippen LogP contribution is -2.37. The summed E-state index contributed by atoms with van der Waals surface area (Å²) in [6, 6.07) is 11.2. The van der Waals surface area contributed by atoms with Crippen LogP contribution >= 0.6 is 35.0 Å². The molecule has 5 rings (SSSR count). The van der Waals surface area contributed by atoms with Gasteiger partial charge in [0.15, 0.2) is 9.84 Å². The topological polar surface area (TPSA) is 101 Å². The van der Waals surface area contributed by atoms with Crippen LogP contribution in [0.2, 0.25) is 10.0 Å². The molecule has 0 unspecified atom stereocenters. The first kappa shape index (κ1) is 25.0. The van der Waals surface area contributed by atoms with Gasteiger partial charge in [-0.05, 0) is 42.5 Å². The number of sulfone groups is 1. The van der Waals surface area contributed by atoms with Gasteiger partial charge in [0.1, 0.15) is 0 Å². The fourth-order valence-corrected chi connectivity index (χ4v) is 6.81. The number of fused-ring (bicyclic) bond motifs is 1. The molecule has 3 heterocycles. The molecule has 0 aliphatic carbocycles. The lowest BCUT2D eigenvalue weighted by Gasteiger charge is -2.26. The second-order valence-electron chi connectivity index (χ2n) is 8.06. The summed E-state index contributed by atoms with van der Waals surface area (Å²) < 4.78 is 31.5. The van der Waals surface area contributed by atoms with Crippen LogP contribution in [0.5, 0.6) is 0 Å². The number of hydrogen-bond donors (Lipinski definition) is 1. The molecule has 8 nitrogen and oxygen atoms in total. The zero-order valence-corrected chi connectivity index (χ0v) is 21.9. The Balaban J connectivity index is 1.38. The molecular formula is C24H20Cl2N4O4S2. The van der Waals surface area contributed by atoms with E-state index >= 15 is 0 Å². The molecule has 0 saturated carbocycles. The monoisotopic (exact) mass is 562 g/mol. The van der Waals surface area contributed by atoms with E-state index in [4.69, 9.17) is 27.9 Å². The van der Waals surface area contributed by atoms with E-state index < -0.39 is 9.84 Å². The number of carbonyl (C=O) groups is 1. The van der Waals surface area contributed by atoms with Crippen LogP contribution < -0.4 is 10.2 Å². The summed E-state index contributed by atoms with van der Waals surface area (Å²) in [5, 5.41) is 3.36. The van der Waals surface area contributed by atoms with Crippen molar-refractivity contribution in [2.75, 3.05) is 36.5 Å². The van der Waals surface area contributed by atoms with Crippen molar-refractivity contribution < 1.29 is 17.9 Å².